The summed E-state index contributed by atoms with van der Waals surface area (Å²) in [5.74, 6) is 1.22. The van der Waals surface area contributed by atoms with E-state index in [1.807, 2.05) is 24.9 Å². The molecule has 0 bridgehead atoms. The van der Waals surface area contributed by atoms with Crippen molar-refractivity contribution < 1.29 is 9.21 Å². The first-order valence-electron chi connectivity index (χ1n) is 6.23. The van der Waals surface area contributed by atoms with Crippen LogP contribution in [0.3, 0.4) is 0 Å². The van der Waals surface area contributed by atoms with Gasteiger partial charge >= 0.3 is 0 Å². The largest absolute Gasteiger partial charge is 0.456 e. The molecule has 1 fully saturated rings. The maximum atomic E-state index is 12.2. The molecule has 1 N–H and O–H groups in total. The molecule has 1 aliphatic rings. The fourth-order valence-corrected chi connectivity index (χ4v) is 2.28. The van der Waals surface area contributed by atoms with E-state index in [2.05, 4.69) is 5.32 Å². The van der Waals surface area contributed by atoms with Crippen LogP contribution in [0.4, 0.5) is 0 Å². The van der Waals surface area contributed by atoms with Crippen molar-refractivity contribution >= 4 is 18.3 Å². The van der Waals surface area contributed by atoms with E-state index in [0.29, 0.717) is 11.8 Å². The van der Waals surface area contributed by atoms with Crippen molar-refractivity contribution in [2.24, 2.45) is 0 Å². The fourth-order valence-electron chi connectivity index (χ4n) is 2.28. The Hall–Kier alpha value is -1.00. The molecule has 1 atom stereocenters. The van der Waals surface area contributed by atoms with Crippen LogP contribution in [-0.2, 0) is 0 Å². The summed E-state index contributed by atoms with van der Waals surface area (Å²) >= 11 is 0. The summed E-state index contributed by atoms with van der Waals surface area (Å²) in [5.41, 5.74) is 0. The molecule has 0 saturated carbocycles. The Kier molecular flexibility index (Phi) is 5.69. The number of nitrogens with zero attached hydrogens (tertiary/aromatic N) is 1. The minimum atomic E-state index is -0.00926. The lowest BCUT2D eigenvalue weighted by atomic mass is 10.1. The number of carbonyl (C=O) groups excluding carboxylic acids is 1. The van der Waals surface area contributed by atoms with Crippen LogP contribution < -0.4 is 5.32 Å². The second-order valence-electron chi connectivity index (χ2n) is 4.66. The van der Waals surface area contributed by atoms with Crippen molar-refractivity contribution in [2.75, 3.05) is 20.1 Å². The Morgan fingerprint density at radius 1 is 1.39 bits per heavy atom. The third-order valence-corrected chi connectivity index (χ3v) is 3.36. The molecule has 2 heterocycles. The molecule has 0 radical (unpaired) electrons. The highest BCUT2D eigenvalue weighted by Crippen LogP contribution is 2.16. The van der Waals surface area contributed by atoms with Crippen LogP contribution in [0.1, 0.15) is 35.6 Å². The molecule has 1 aromatic rings. The first-order chi connectivity index (χ1) is 8.18. The molecule has 5 heteroatoms. The molecule has 0 aromatic carbocycles. The fraction of sp³-hybridized carbons (Fsp3) is 0.615. The summed E-state index contributed by atoms with van der Waals surface area (Å²) in [6, 6.07) is 3.90. The molecular weight excluding hydrogens is 252 g/mol. The van der Waals surface area contributed by atoms with Crippen LogP contribution in [0.5, 0.6) is 0 Å². The van der Waals surface area contributed by atoms with Gasteiger partial charge in [0.25, 0.3) is 5.91 Å². The SMILES string of the molecule is Cc1ccc(C(=O)N(C)C2CCCNCC2)o1.Cl. The Morgan fingerprint density at radius 3 is 2.83 bits per heavy atom. The number of aryl methyl sites for hydroxylation is 1. The number of halogens is 1. The van der Waals surface area contributed by atoms with Gasteiger partial charge in [0, 0.05) is 13.1 Å². The Balaban J connectivity index is 0.00000162. The number of rotatable bonds is 2. The lowest BCUT2D eigenvalue weighted by Crippen LogP contribution is -2.37. The second kappa shape index (κ2) is 6.81. The predicted molar refractivity (Wildman–Crippen MR) is 73.3 cm³/mol. The number of hydrogen-bond acceptors (Lipinski definition) is 3. The van der Waals surface area contributed by atoms with E-state index in [0.717, 1.165) is 38.1 Å². The highest BCUT2D eigenvalue weighted by Gasteiger charge is 2.23. The number of nitrogens with one attached hydrogen (secondary N) is 1. The highest BCUT2D eigenvalue weighted by atomic mass is 35.5. The molecule has 1 amide bonds. The van der Waals surface area contributed by atoms with Crippen LogP contribution in [0.25, 0.3) is 0 Å². The van der Waals surface area contributed by atoms with Crippen LogP contribution in [0, 0.1) is 6.92 Å². The van der Waals surface area contributed by atoms with Crippen molar-refractivity contribution in [1.29, 1.82) is 0 Å². The zero-order valence-corrected chi connectivity index (χ0v) is 11.8. The monoisotopic (exact) mass is 272 g/mol. The second-order valence-corrected chi connectivity index (χ2v) is 4.66. The highest BCUT2D eigenvalue weighted by molar-refractivity contribution is 5.91. The third-order valence-electron chi connectivity index (χ3n) is 3.36. The van der Waals surface area contributed by atoms with E-state index in [9.17, 15) is 4.79 Å². The van der Waals surface area contributed by atoms with Gasteiger partial charge in [0.2, 0.25) is 0 Å². The van der Waals surface area contributed by atoms with Crippen molar-refractivity contribution in [1.82, 2.24) is 10.2 Å². The van der Waals surface area contributed by atoms with E-state index in [1.54, 1.807) is 6.07 Å². The molecular formula is C13H21ClN2O2. The minimum absolute atomic E-state index is 0. The molecule has 0 spiro atoms. The van der Waals surface area contributed by atoms with Gasteiger partial charge in [-0.05, 0) is 51.4 Å². The Labute approximate surface area is 114 Å². The van der Waals surface area contributed by atoms with Gasteiger partial charge in [-0.1, -0.05) is 0 Å². The zero-order valence-electron chi connectivity index (χ0n) is 10.9. The molecule has 4 nitrogen and oxygen atoms in total. The van der Waals surface area contributed by atoms with Crippen LogP contribution >= 0.6 is 12.4 Å². The lowest BCUT2D eigenvalue weighted by molar-refractivity contribution is 0.0687. The summed E-state index contributed by atoms with van der Waals surface area (Å²) < 4.78 is 5.38. The van der Waals surface area contributed by atoms with Gasteiger partial charge in [-0.15, -0.1) is 12.4 Å². The molecule has 2 rings (SSSR count). The van der Waals surface area contributed by atoms with E-state index < -0.39 is 0 Å². The number of furan rings is 1. The lowest BCUT2D eigenvalue weighted by Gasteiger charge is -2.26. The predicted octanol–water partition coefficient (Wildman–Crippen LogP) is 2.22. The van der Waals surface area contributed by atoms with Crippen molar-refractivity contribution in [2.45, 2.75) is 32.2 Å². The zero-order chi connectivity index (χ0) is 12.3. The maximum absolute atomic E-state index is 12.2. The van der Waals surface area contributed by atoms with E-state index in [-0.39, 0.29) is 18.3 Å². The quantitative estimate of drug-likeness (QED) is 0.898. The van der Waals surface area contributed by atoms with Gasteiger partial charge in [-0.25, -0.2) is 0 Å². The summed E-state index contributed by atoms with van der Waals surface area (Å²) in [6.45, 7) is 3.89. The van der Waals surface area contributed by atoms with Crippen LogP contribution in [0.15, 0.2) is 16.5 Å². The van der Waals surface area contributed by atoms with Gasteiger partial charge in [0.1, 0.15) is 5.76 Å². The molecule has 0 aliphatic carbocycles. The Morgan fingerprint density at radius 2 is 2.17 bits per heavy atom. The average Bonchev–Trinajstić information content (AvgIpc) is 2.60. The van der Waals surface area contributed by atoms with Gasteiger partial charge in [0.05, 0.1) is 0 Å². The standard InChI is InChI=1S/C13H20N2O2.ClH/c1-10-5-6-12(17-10)13(16)15(2)11-4-3-8-14-9-7-11;/h5-6,11,14H,3-4,7-9H2,1-2H3;1H. The van der Waals surface area contributed by atoms with Gasteiger partial charge in [0.15, 0.2) is 5.76 Å². The number of amides is 1. The minimum Gasteiger partial charge on any atom is -0.456 e. The average molecular weight is 273 g/mol. The summed E-state index contributed by atoms with van der Waals surface area (Å²) in [5, 5.41) is 3.35. The Bertz CT molecular complexity index is 384. The molecule has 1 aromatic heterocycles. The van der Waals surface area contributed by atoms with Crippen LogP contribution in [0.2, 0.25) is 0 Å². The summed E-state index contributed by atoms with van der Waals surface area (Å²) in [4.78, 5) is 14.0. The van der Waals surface area contributed by atoms with Gasteiger partial charge < -0.3 is 14.6 Å². The van der Waals surface area contributed by atoms with E-state index in [1.165, 1.54) is 0 Å². The van der Waals surface area contributed by atoms with Crippen molar-refractivity contribution in [3.05, 3.63) is 23.7 Å². The first kappa shape index (κ1) is 15.1. The van der Waals surface area contributed by atoms with Crippen molar-refractivity contribution in [3.8, 4) is 0 Å². The number of hydrogen-bond donors (Lipinski definition) is 1. The summed E-state index contributed by atoms with van der Waals surface area (Å²) in [6.07, 6.45) is 3.20. The van der Waals surface area contributed by atoms with Crippen molar-refractivity contribution in [3.63, 3.8) is 0 Å². The maximum Gasteiger partial charge on any atom is 0.289 e. The normalized spacial score (nSPS) is 19.8. The van der Waals surface area contributed by atoms with E-state index in [4.69, 9.17) is 4.42 Å². The smallest absolute Gasteiger partial charge is 0.289 e. The van der Waals surface area contributed by atoms with Crippen LogP contribution in [-0.4, -0.2) is 37.0 Å². The van der Waals surface area contributed by atoms with E-state index >= 15 is 0 Å². The topological polar surface area (TPSA) is 45.5 Å². The molecule has 1 saturated heterocycles. The molecule has 18 heavy (non-hydrogen) atoms. The summed E-state index contributed by atoms with van der Waals surface area (Å²) in [7, 11) is 1.87. The molecule has 1 unspecified atom stereocenters. The third kappa shape index (κ3) is 3.50. The molecule has 1 aliphatic heterocycles. The number of carbonyl (C=O) groups is 1. The van der Waals surface area contributed by atoms with Gasteiger partial charge in [-0.2, -0.15) is 0 Å². The molecule has 102 valence electrons. The van der Waals surface area contributed by atoms with Gasteiger partial charge in [-0.3, -0.25) is 4.79 Å². The first-order valence-corrected chi connectivity index (χ1v) is 6.23.